The molecule has 7 heteroatoms. The quantitative estimate of drug-likeness (QED) is 0.815. The van der Waals surface area contributed by atoms with Crippen molar-refractivity contribution in [1.29, 1.82) is 0 Å². The summed E-state index contributed by atoms with van der Waals surface area (Å²) in [7, 11) is 1.60. The molecule has 0 aromatic heterocycles. The molecule has 0 radical (unpaired) electrons. The number of methoxy groups -OCH3 is 1. The number of hydrogen-bond donors (Lipinski definition) is 2. The summed E-state index contributed by atoms with van der Waals surface area (Å²) in [5.41, 5.74) is 0.941. The smallest absolute Gasteiger partial charge is 0.317 e. The second-order valence-electron chi connectivity index (χ2n) is 6.35. The van der Waals surface area contributed by atoms with Gasteiger partial charge >= 0.3 is 12.0 Å². The third kappa shape index (κ3) is 4.41. The summed E-state index contributed by atoms with van der Waals surface area (Å²) in [6.45, 7) is 4.70. The van der Waals surface area contributed by atoms with Crippen LogP contribution in [0.4, 0.5) is 4.79 Å². The predicted octanol–water partition coefficient (Wildman–Crippen LogP) is 3.27. The SMILES string of the molecule is COc1ccc(C(C)NC(=O)N2CC(C)CC(C(=O)O)C2)cc1Br. The number of urea groups is 1. The van der Waals surface area contributed by atoms with E-state index in [4.69, 9.17) is 4.74 Å². The molecule has 1 fully saturated rings. The summed E-state index contributed by atoms with van der Waals surface area (Å²) in [6.07, 6.45) is 0.611. The number of nitrogens with one attached hydrogen (secondary N) is 1. The Labute approximate surface area is 150 Å². The van der Waals surface area contributed by atoms with Gasteiger partial charge in [0.1, 0.15) is 5.75 Å². The highest BCUT2D eigenvalue weighted by Gasteiger charge is 2.32. The molecule has 132 valence electrons. The number of hydrogen-bond acceptors (Lipinski definition) is 3. The molecule has 1 aromatic rings. The van der Waals surface area contributed by atoms with Gasteiger partial charge in [-0.2, -0.15) is 0 Å². The molecule has 0 aliphatic carbocycles. The molecule has 0 saturated carbocycles. The molecule has 3 unspecified atom stereocenters. The van der Waals surface area contributed by atoms with E-state index in [9.17, 15) is 14.7 Å². The maximum absolute atomic E-state index is 12.5. The third-order valence-corrected chi connectivity index (χ3v) is 4.93. The van der Waals surface area contributed by atoms with E-state index in [1.807, 2.05) is 32.0 Å². The van der Waals surface area contributed by atoms with Crippen LogP contribution in [-0.2, 0) is 4.79 Å². The van der Waals surface area contributed by atoms with Crippen LogP contribution in [0.3, 0.4) is 0 Å². The zero-order valence-electron chi connectivity index (χ0n) is 14.1. The van der Waals surface area contributed by atoms with Gasteiger partial charge in [-0.3, -0.25) is 4.79 Å². The number of carboxylic acid groups (broad SMARTS) is 1. The third-order valence-electron chi connectivity index (χ3n) is 4.31. The first kappa shape index (κ1) is 18.6. The maximum Gasteiger partial charge on any atom is 0.317 e. The first-order valence-electron chi connectivity index (χ1n) is 7.93. The summed E-state index contributed by atoms with van der Waals surface area (Å²) >= 11 is 3.44. The molecule has 1 aliphatic rings. The Morgan fingerprint density at radius 3 is 2.71 bits per heavy atom. The van der Waals surface area contributed by atoms with E-state index in [1.165, 1.54) is 0 Å². The van der Waals surface area contributed by atoms with E-state index in [0.717, 1.165) is 15.8 Å². The number of carbonyl (C=O) groups excluding carboxylic acids is 1. The van der Waals surface area contributed by atoms with Crippen molar-refractivity contribution in [2.24, 2.45) is 11.8 Å². The van der Waals surface area contributed by atoms with Crippen molar-refractivity contribution >= 4 is 27.9 Å². The number of aliphatic carboxylic acids is 1. The van der Waals surface area contributed by atoms with E-state index >= 15 is 0 Å². The van der Waals surface area contributed by atoms with Crippen LogP contribution in [-0.4, -0.2) is 42.2 Å². The Morgan fingerprint density at radius 1 is 1.42 bits per heavy atom. The van der Waals surface area contributed by atoms with Gasteiger partial charge in [0.05, 0.1) is 23.5 Å². The Bertz CT molecular complexity index is 623. The first-order chi connectivity index (χ1) is 11.3. The number of carboxylic acids is 1. The minimum absolute atomic E-state index is 0.177. The van der Waals surface area contributed by atoms with Crippen LogP contribution in [0.5, 0.6) is 5.75 Å². The lowest BCUT2D eigenvalue weighted by Gasteiger charge is -2.35. The fraction of sp³-hybridized carbons (Fsp3) is 0.529. The van der Waals surface area contributed by atoms with Crippen LogP contribution in [0.1, 0.15) is 31.9 Å². The van der Waals surface area contributed by atoms with Crippen LogP contribution in [0.2, 0.25) is 0 Å². The minimum Gasteiger partial charge on any atom is -0.496 e. The molecule has 2 N–H and O–H groups in total. The zero-order valence-corrected chi connectivity index (χ0v) is 15.7. The minimum atomic E-state index is -0.841. The molecule has 24 heavy (non-hydrogen) atoms. The van der Waals surface area contributed by atoms with Crippen molar-refractivity contribution in [3.63, 3.8) is 0 Å². The van der Waals surface area contributed by atoms with E-state index < -0.39 is 11.9 Å². The fourth-order valence-electron chi connectivity index (χ4n) is 3.01. The second-order valence-corrected chi connectivity index (χ2v) is 7.20. The predicted molar refractivity (Wildman–Crippen MR) is 94.1 cm³/mol. The van der Waals surface area contributed by atoms with Crippen molar-refractivity contribution in [3.8, 4) is 5.75 Å². The van der Waals surface area contributed by atoms with Gasteiger partial charge in [0.15, 0.2) is 0 Å². The Morgan fingerprint density at radius 2 is 2.12 bits per heavy atom. The standard InChI is InChI=1S/C17H23BrN2O4/c1-10-6-13(16(21)22)9-20(8-10)17(23)19-11(2)12-4-5-15(24-3)14(18)7-12/h4-5,7,10-11,13H,6,8-9H2,1-3H3,(H,19,23)(H,21,22). The van der Waals surface area contributed by atoms with Crippen LogP contribution >= 0.6 is 15.9 Å². The molecular weight excluding hydrogens is 376 g/mol. The van der Waals surface area contributed by atoms with Crippen molar-refractivity contribution in [3.05, 3.63) is 28.2 Å². The Balaban J connectivity index is 2.02. The molecule has 1 aromatic carbocycles. The van der Waals surface area contributed by atoms with Crippen molar-refractivity contribution in [2.45, 2.75) is 26.3 Å². The average Bonchev–Trinajstić information content (AvgIpc) is 2.53. The molecule has 3 atom stereocenters. The van der Waals surface area contributed by atoms with Crippen molar-refractivity contribution in [2.75, 3.05) is 20.2 Å². The summed E-state index contributed by atoms with van der Waals surface area (Å²) in [5, 5.41) is 12.2. The fourth-order valence-corrected chi connectivity index (χ4v) is 3.57. The van der Waals surface area contributed by atoms with Crippen LogP contribution in [0.15, 0.2) is 22.7 Å². The zero-order chi connectivity index (χ0) is 17.9. The summed E-state index contributed by atoms with van der Waals surface area (Å²) in [6, 6.07) is 5.22. The van der Waals surface area contributed by atoms with Gasteiger partial charge in [0.2, 0.25) is 0 Å². The van der Waals surface area contributed by atoms with Crippen LogP contribution in [0.25, 0.3) is 0 Å². The lowest BCUT2D eigenvalue weighted by Crippen LogP contribution is -2.49. The summed E-state index contributed by atoms with van der Waals surface area (Å²) in [4.78, 5) is 25.3. The highest BCUT2D eigenvalue weighted by atomic mass is 79.9. The van der Waals surface area contributed by atoms with E-state index in [-0.39, 0.29) is 24.5 Å². The number of nitrogens with zero attached hydrogens (tertiary/aromatic N) is 1. The normalized spacial score (nSPS) is 21.9. The van der Waals surface area contributed by atoms with E-state index in [1.54, 1.807) is 12.0 Å². The van der Waals surface area contributed by atoms with Gasteiger partial charge in [0.25, 0.3) is 0 Å². The lowest BCUT2D eigenvalue weighted by atomic mass is 9.91. The largest absolute Gasteiger partial charge is 0.496 e. The number of piperidine rings is 1. The Hall–Kier alpha value is -1.76. The van der Waals surface area contributed by atoms with Gasteiger partial charge in [-0.1, -0.05) is 13.0 Å². The molecule has 1 aliphatic heterocycles. The topological polar surface area (TPSA) is 78.9 Å². The monoisotopic (exact) mass is 398 g/mol. The molecule has 0 bridgehead atoms. The number of likely N-dealkylation sites (tertiary alicyclic amines) is 1. The molecule has 1 saturated heterocycles. The summed E-state index contributed by atoms with van der Waals surface area (Å²) < 4.78 is 6.02. The van der Waals surface area contributed by atoms with Gasteiger partial charge in [-0.15, -0.1) is 0 Å². The number of benzene rings is 1. The van der Waals surface area contributed by atoms with Crippen molar-refractivity contribution in [1.82, 2.24) is 10.2 Å². The van der Waals surface area contributed by atoms with Gasteiger partial charge in [0, 0.05) is 13.1 Å². The van der Waals surface area contributed by atoms with Crippen LogP contribution in [0, 0.1) is 11.8 Å². The highest BCUT2D eigenvalue weighted by Crippen LogP contribution is 2.28. The number of halogens is 1. The Kier molecular flexibility index (Phi) is 6.10. The van der Waals surface area contributed by atoms with Crippen molar-refractivity contribution < 1.29 is 19.4 Å². The number of rotatable bonds is 4. The molecule has 2 rings (SSSR count). The number of amides is 2. The van der Waals surface area contributed by atoms with Gasteiger partial charge in [-0.25, -0.2) is 4.79 Å². The lowest BCUT2D eigenvalue weighted by molar-refractivity contribution is -0.143. The first-order valence-corrected chi connectivity index (χ1v) is 8.72. The second kappa shape index (κ2) is 7.88. The van der Waals surface area contributed by atoms with Gasteiger partial charge < -0.3 is 20.1 Å². The number of carbonyl (C=O) groups is 2. The highest BCUT2D eigenvalue weighted by molar-refractivity contribution is 9.10. The molecule has 6 nitrogen and oxygen atoms in total. The average molecular weight is 399 g/mol. The van der Waals surface area contributed by atoms with Gasteiger partial charge in [-0.05, 0) is 52.9 Å². The van der Waals surface area contributed by atoms with E-state index in [0.29, 0.717) is 13.0 Å². The molecule has 1 heterocycles. The van der Waals surface area contributed by atoms with E-state index in [2.05, 4.69) is 21.2 Å². The molecule has 2 amide bonds. The maximum atomic E-state index is 12.5. The molecular formula is C17H23BrN2O4. The summed E-state index contributed by atoms with van der Waals surface area (Å²) in [5.74, 6) is -0.432. The number of ether oxygens (including phenoxy) is 1. The molecule has 0 spiro atoms. The van der Waals surface area contributed by atoms with Crippen LogP contribution < -0.4 is 10.1 Å².